The zero-order valence-electron chi connectivity index (χ0n) is 11.0. The Morgan fingerprint density at radius 2 is 2.00 bits per heavy atom. The van der Waals surface area contributed by atoms with Crippen LogP contribution in [0.15, 0.2) is 24.3 Å². The SMILES string of the molecule is CCn1nc(C(F)(F)F)cc1Oc1ccc(N)cc1C. The van der Waals surface area contributed by atoms with E-state index in [1.165, 1.54) is 4.68 Å². The first kappa shape index (κ1) is 14.2. The largest absolute Gasteiger partial charge is 0.439 e. The molecule has 0 amide bonds. The minimum atomic E-state index is -4.49. The molecule has 0 spiro atoms. The second-order valence-electron chi connectivity index (χ2n) is 4.31. The van der Waals surface area contributed by atoms with Gasteiger partial charge in [0.05, 0.1) is 0 Å². The molecule has 2 N–H and O–H groups in total. The van der Waals surface area contributed by atoms with Crippen molar-refractivity contribution in [3.63, 3.8) is 0 Å². The quantitative estimate of drug-likeness (QED) is 0.876. The van der Waals surface area contributed by atoms with E-state index < -0.39 is 11.9 Å². The molecule has 1 aromatic heterocycles. The van der Waals surface area contributed by atoms with E-state index >= 15 is 0 Å². The molecule has 0 bridgehead atoms. The van der Waals surface area contributed by atoms with Crippen molar-refractivity contribution in [2.45, 2.75) is 26.6 Å². The highest BCUT2D eigenvalue weighted by molar-refractivity contribution is 5.48. The first-order valence-corrected chi connectivity index (χ1v) is 6.00. The van der Waals surface area contributed by atoms with Gasteiger partial charge >= 0.3 is 6.18 Å². The van der Waals surface area contributed by atoms with E-state index in [1.807, 2.05) is 0 Å². The summed E-state index contributed by atoms with van der Waals surface area (Å²) in [6, 6.07) is 5.82. The predicted molar refractivity (Wildman–Crippen MR) is 68.6 cm³/mol. The number of nitrogens with zero attached hydrogens (tertiary/aromatic N) is 2. The Morgan fingerprint density at radius 1 is 1.30 bits per heavy atom. The number of aryl methyl sites for hydroxylation is 2. The normalized spacial score (nSPS) is 11.7. The molecular formula is C13H14F3N3O. The molecule has 0 fully saturated rings. The van der Waals surface area contributed by atoms with Crippen LogP contribution < -0.4 is 10.5 Å². The Balaban J connectivity index is 2.35. The number of ether oxygens (including phenoxy) is 1. The van der Waals surface area contributed by atoms with Gasteiger partial charge in [-0.25, -0.2) is 4.68 Å². The first-order chi connectivity index (χ1) is 9.31. The van der Waals surface area contributed by atoms with Crippen LogP contribution in [-0.4, -0.2) is 9.78 Å². The van der Waals surface area contributed by atoms with E-state index in [0.717, 1.165) is 11.6 Å². The van der Waals surface area contributed by atoms with Gasteiger partial charge in [-0.3, -0.25) is 0 Å². The molecular weight excluding hydrogens is 271 g/mol. The lowest BCUT2D eigenvalue weighted by molar-refractivity contribution is -0.141. The number of nitrogens with two attached hydrogens (primary N) is 1. The van der Waals surface area contributed by atoms with E-state index in [1.54, 1.807) is 32.0 Å². The summed E-state index contributed by atoms with van der Waals surface area (Å²) >= 11 is 0. The minimum absolute atomic E-state index is 0.0488. The Bertz CT molecular complexity index is 620. The van der Waals surface area contributed by atoms with E-state index in [2.05, 4.69) is 5.10 Å². The molecule has 0 aliphatic carbocycles. The maximum absolute atomic E-state index is 12.6. The molecule has 0 aliphatic heterocycles. The van der Waals surface area contributed by atoms with Crippen molar-refractivity contribution < 1.29 is 17.9 Å². The van der Waals surface area contributed by atoms with E-state index in [9.17, 15) is 13.2 Å². The smallest absolute Gasteiger partial charge is 0.435 e. The van der Waals surface area contributed by atoms with Crippen molar-refractivity contribution in [1.82, 2.24) is 9.78 Å². The summed E-state index contributed by atoms with van der Waals surface area (Å²) in [5.74, 6) is 0.496. The summed E-state index contributed by atoms with van der Waals surface area (Å²) in [5, 5.41) is 3.49. The monoisotopic (exact) mass is 285 g/mol. The van der Waals surface area contributed by atoms with Crippen molar-refractivity contribution in [1.29, 1.82) is 0 Å². The molecule has 7 heteroatoms. The molecule has 0 saturated heterocycles. The summed E-state index contributed by atoms with van der Waals surface area (Å²) in [6.07, 6.45) is -4.49. The summed E-state index contributed by atoms with van der Waals surface area (Å²) in [6.45, 7) is 3.73. The molecule has 2 aromatic rings. The second kappa shape index (κ2) is 5.07. The number of alkyl halides is 3. The molecule has 2 rings (SSSR count). The highest BCUT2D eigenvalue weighted by Gasteiger charge is 2.35. The van der Waals surface area contributed by atoms with Crippen LogP contribution in [0, 0.1) is 6.92 Å². The molecule has 0 unspecified atom stereocenters. The highest BCUT2D eigenvalue weighted by Crippen LogP contribution is 2.33. The molecule has 0 saturated carbocycles. The topological polar surface area (TPSA) is 53.1 Å². The van der Waals surface area contributed by atoms with Crippen LogP contribution >= 0.6 is 0 Å². The number of aromatic nitrogens is 2. The van der Waals surface area contributed by atoms with Crippen molar-refractivity contribution in [3.8, 4) is 11.6 Å². The Morgan fingerprint density at radius 3 is 2.55 bits per heavy atom. The minimum Gasteiger partial charge on any atom is -0.439 e. The number of hydrogen-bond acceptors (Lipinski definition) is 3. The molecule has 108 valence electrons. The number of hydrogen-bond donors (Lipinski definition) is 1. The van der Waals surface area contributed by atoms with Crippen LogP contribution in [0.3, 0.4) is 0 Å². The number of nitrogen functional groups attached to an aromatic ring is 1. The standard InChI is InChI=1S/C13H14F3N3O/c1-3-19-12(7-11(18-19)13(14,15)16)20-10-5-4-9(17)6-8(10)2/h4-7H,3,17H2,1-2H3. The summed E-state index contributed by atoms with van der Waals surface area (Å²) in [4.78, 5) is 0. The van der Waals surface area contributed by atoms with Gasteiger partial charge in [-0.05, 0) is 37.6 Å². The fourth-order valence-corrected chi connectivity index (χ4v) is 1.75. The van der Waals surface area contributed by atoms with Gasteiger partial charge in [0, 0.05) is 18.3 Å². The zero-order chi connectivity index (χ0) is 14.9. The van der Waals surface area contributed by atoms with Crippen molar-refractivity contribution in [2.75, 3.05) is 5.73 Å². The fraction of sp³-hybridized carbons (Fsp3) is 0.308. The highest BCUT2D eigenvalue weighted by atomic mass is 19.4. The molecule has 0 aliphatic rings. The third-order valence-electron chi connectivity index (χ3n) is 2.75. The van der Waals surface area contributed by atoms with Gasteiger partial charge in [-0.1, -0.05) is 0 Å². The van der Waals surface area contributed by atoms with Crippen LogP contribution in [0.4, 0.5) is 18.9 Å². The number of halogens is 3. The van der Waals surface area contributed by atoms with Crippen LogP contribution in [0.5, 0.6) is 11.6 Å². The average molecular weight is 285 g/mol. The van der Waals surface area contributed by atoms with Crippen LogP contribution in [0.2, 0.25) is 0 Å². The number of rotatable bonds is 3. The maximum atomic E-state index is 12.6. The summed E-state index contributed by atoms with van der Waals surface area (Å²) < 4.78 is 44.6. The van der Waals surface area contributed by atoms with Gasteiger partial charge in [-0.2, -0.15) is 18.3 Å². The number of benzene rings is 1. The van der Waals surface area contributed by atoms with Gasteiger partial charge in [0.15, 0.2) is 5.69 Å². The Kier molecular flexibility index (Phi) is 3.61. The third kappa shape index (κ3) is 2.87. The lowest BCUT2D eigenvalue weighted by atomic mass is 10.2. The Hall–Kier alpha value is -2.18. The maximum Gasteiger partial charge on any atom is 0.435 e. The first-order valence-electron chi connectivity index (χ1n) is 6.00. The van der Waals surface area contributed by atoms with Gasteiger partial charge < -0.3 is 10.5 Å². The number of anilines is 1. The van der Waals surface area contributed by atoms with Gasteiger partial charge in [0.2, 0.25) is 5.88 Å². The van der Waals surface area contributed by atoms with Crippen molar-refractivity contribution in [2.24, 2.45) is 0 Å². The zero-order valence-corrected chi connectivity index (χ0v) is 11.0. The molecule has 20 heavy (non-hydrogen) atoms. The van der Waals surface area contributed by atoms with Crippen molar-refractivity contribution >= 4 is 5.69 Å². The molecule has 0 radical (unpaired) electrons. The van der Waals surface area contributed by atoms with Gasteiger partial charge in [0.25, 0.3) is 0 Å². The Labute approximate surface area is 114 Å². The van der Waals surface area contributed by atoms with Crippen LogP contribution in [0.25, 0.3) is 0 Å². The average Bonchev–Trinajstić information content (AvgIpc) is 2.75. The fourth-order valence-electron chi connectivity index (χ4n) is 1.75. The molecule has 0 atom stereocenters. The predicted octanol–water partition coefficient (Wildman–Crippen LogP) is 3.60. The molecule has 1 aromatic carbocycles. The summed E-state index contributed by atoms with van der Waals surface area (Å²) in [7, 11) is 0. The summed E-state index contributed by atoms with van der Waals surface area (Å²) in [5.41, 5.74) is 5.95. The molecule has 1 heterocycles. The van der Waals surface area contributed by atoms with E-state index in [0.29, 0.717) is 11.4 Å². The van der Waals surface area contributed by atoms with Crippen molar-refractivity contribution in [3.05, 3.63) is 35.5 Å². The van der Waals surface area contributed by atoms with E-state index in [4.69, 9.17) is 10.5 Å². The van der Waals surface area contributed by atoms with Gasteiger partial charge in [0.1, 0.15) is 5.75 Å². The van der Waals surface area contributed by atoms with Crippen LogP contribution in [-0.2, 0) is 12.7 Å². The molecule has 4 nitrogen and oxygen atoms in total. The second-order valence-corrected chi connectivity index (χ2v) is 4.31. The lowest BCUT2D eigenvalue weighted by Crippen LogP contribution is -2.07. The van der Waals surface area contributed by atoms with Gasteiger partial charge in [-0.15, -0.1) is 0 Å². The lowest BCUT2D eigenvalue weighted by Gasteiger charge is -2.09. The van der Waals surface area contributed by atoms with Crippen LogP contribution in [0.1, 0.15) is 18.2 Å². The van der Waals surface area contributed by atoms with E-state index in [-0.39, 0.29) is 12.4 Å². The third-order valence-corrected chi connectivity index (χ3v) is 2.75.